The van der Waals surface area contributed by atoms with Crippen molar-refractivity contribution in [3.8, 4) is 0 Å². The number of nitrogens with one attached hydrogen (secondary N) is 4. The van der Waals surface area contributed by atoms with Crippen molar-refractivity contribution < 1.29 is 79.8 Å². The second-order valence-corrected chi connectivity index (χ2v) is 21.0. The van der Waals surface area contributed by atoms with Crippen LogP contribution in [0.15, 0.2) is 0 Å². The van der Waals surface area contributed by atoms with Gasteiger partial charge in [0.25, 0.3) is 35.4 Å². The van der Waals surface area contributed by atoms with E-state index in [1.807, 2.05) is 90.4 Å². The van der Waals surface area contributed by atoms with E-state index in [9.17, 15) is 79.8 Å². The van der Waals surface area contributed by atoms with Crippen molar-refractivity contribution in [1.29, 1.82) is 0 Å². The number of halogens is 6. The quantitative estimate of drug-likeness (QED) is 0.0349. The van der Waals surface area contributed by atoms with Gasteiger partial charge < -0.3 is 82.1 Å². The molecule has 0 fully saturated rings. The summed E-state index contributed by atoms with van der Waals surface area (Å²) in [6, 6.07) is 0. The molecule has 0 bridgehead atoms. The number of hydrogen-bond acceptors (Lipinski definition) is 17. The van der Waals surface area contributed by atoms with Gasteiger partial charge in [0, 0.05) is 57.9 Å². The van der Waals surface area contributed by atoms with Gasteiger partial charge in [0.2, 0.25) is 0 Å². The summed E-state index contributed by atoms with van der Waals surface area (Å²) >= 11 is 12.0. The van der Waals surface area contributed by atoms with Crippen molar-refractivity contribution >= 4 is 194 Å². The molecule has 364 valence electrons. The number of anilines is 2. The average Bonchev–Trinajstić information content (AvgIpc) is 3.28. The topological polar surface area (TPSA) is 359 Å². The summed E-state index contributed by atoms with van der Waals surface area (Å²) in [7, 11) is 0. The van der Waals surface area contributed by atoms with Crippen molar-refractivity contribution in [2.24, 2.45) is 0 Å². The molecule has 0 spiro atoms. The van der Waals surface area contributed by atoms with E-state index in [-0.39, 0.29) is 106 Å². The number of thioether (sulfide) groups is 1. The molecule has 0 saturated carbocycles. The fourth-order valence-corrected chi connectivity index (χ4v) is 15.6. The third-order valence-corrected chi connectivity index (χ3v) is 16.0. The molecule has 2 aromatic carbocycles. The number of amides is 6. The number of carbonyl (C=O) groups excluding carboxylic acids is 6. The molecule has 0 radical (unpaired) electrons. The SMILES string of the molecule is O=C(NCC(O)CO)c1c(I)c(C(=O)NCC(O)CO)c(I)c(N(CCSCCN(C(=O)CO)c2c(I)c(C(=O)NCC(O)CO)c(I)c(C(=O)NCC(O)CO)c2I)C(=O)CO)c1I. The Labute approximate surface area is 458 Å². The lowest BCUT2D eigenvalue weighted by molar-refractivity contribution is -0.121. The van der Waals surface area contributed by atoms with E-state index in [4.69, 9.17) is 0 Å². The van der Waals surface area contributed by atoms with Crippen molar-refractivity contribution in [3.05, 3.63) is 43.7 Å². The van der Waals surface area contributed by atoms with Crippen LogP contribution >= 0.6 is 147 Å². The molecule has 14 N–H and O–H groups in total. The van der Waals surface area contributed by atoms with Gasteiger partial charge in [-0.25, -0.2) is 0 Å². The Morgan fingerprint density at radius 2 is 0.662 bits per heavy atom. The Hall–Kier alpha value is -0.410. The van der Waals surface area contributed by atoms with Gasteiger partial charge in [0.1, 0.15) is 13.2 Å². The van der Waals surface area contributed by atoms with Gasteiger partial charge in [-0.3, -0.25) is 28.8 Å². The minimum absolute atomic E-state index is 0.0571. The maximum absolute atomic E-state index is 13.6. The molecule has 4 atom stereocenters. The van der Waals surface area contributed by atoms with Crippen LogP contribution in [0.1, 0.15) is 41.4 Å². The predicted octanol–water partition coefficient (Wildman–Crippen LogP) is -2.27. The van der Waals surface area contributed by atoms with Crippen LogP contribution in [0.5, 0.6) is 0 Å². The third kappa shape index (κ3) is 16.9. The Kier molecular flexibility index (Phi) is 28.4. The van der Waals surface area contributed by atoms with Gasteiger partial charge in [0.15, 0.2) is 0 Å². The van der Waals surface area contributed by atoms with Gasteiger partial charge >= 0.3 is 0 Å². The van der Waals surface area contributed by atoms with Crippen molar-refractivity contribution in [3.63, 3.8) is 0 Å². The van der Waals surface area contributed by atoms with E-state index in [0.717, 1.165) is 9.80 Å². The molecule has 0 aliphatic carbocycles. The first-order valence-corrected chi connectivity index (χ1v) is 26.4. The maximum atomic E-state index is 13.6. The lowest BCUT2D eigenvalue weighted by atomic mass is 10.1. The molecular weight excluding hydrogens is 1570 g/mol. The van der Waals surface area contributed by atoms with Crippen LogP contribution < -0.4 is 31.1 Å². The number of hydrogen-bond donors (Lipinski definition) is 14. The zero-order valence-electron chi connectivity index (χ0n) is 33.7. The molecule has 6 amide bonds. The highest BCUT2D eigenvalue weighted by Crippen LogP contribution is 2.40. The smallest absolute Gasteiger partial charge is 0.253 e. The van der Waals surface area contributed by atoms with E-state index >= 15 is 0 Å². The Bertz CT molecular complexity index is 1800. The predicted molar refractivity (Wildman–Crippen MR) is 287 cm³/mol. The first kappa shape index (κ1) is 60.7. The Morgan fingerprint density at radius 3 is 0.862 bits per heavy atom. The van der Waals surface area contributed by atoms with Crippen LogP contribution in [-0.2, 0) is 9.59 Å². The molecule has 22 nitrogen and oxygen atoms in total. The second-order valence-electron chi connectivity index (χ2n) is 13.3. The summed E-state index contributed by atoms with van der Waals surface area (Å²) in [5.41, 5.74) is -0.226. The number of carbonyl (C=O) groups is 6. The molecular formula is C36H46I6N6O16S. The lowest BCUT2D eigenvalue weighted by Gasteiger charge is -2.29. The Morgan fingerprint density at radius 1 is 0.431 bits per heavy atom. The van der Waals surface area contributed by atoms with Gasteiger partial charge in [-0.05, 0) is 136 Å². The molecule has 4 unspecified atom stereocenters. The summed E-state index contributed by atoms with van der Waals surface area (Å²) < 4.78 is 0.932. The van der Waals surface area contributed by atoms with Gasteiger partial charge in [0.05, 0.1) is 98.8 Å². The highest BCUT2D eigenvalue weighted by atomic mass is 127. The van der Waals surface area contributed by atoms with Crippen LogP contribution in [-0.4, -0.2) is 201 Å². The first-order valence-electron chi connectivity index (χ1n) is 18.8. The van der Waals surface area contributed by atoms with Crippen molar-refractivity contribution in [2.45, 2.75) is 24.4 Å². The number of benzene rings is 2. The third-order valence-electron chi connectivity index (χ3n) is 8.66. The fraction of sp³-hybridized carbons (Fsp3) is 0.500. The molecule has 0 heterocycles. The van der Waals surface area contributed by atoms with E-state index in [1.165, 1.54) is 11.8 Å². The number of nitrogens with zero attached hydrogens (tertiary/aromatic N) is 2. The van der Waals surface area contributed by atoms with Crippen molar-refractivity contribution in [2.75, 3.05) is 100 Å². The van der Waals surface area contributed by atoms with E-state index in [1.54, 1.807) is 45.2 Å². The van der Waals surface area contributed by atoms with Crippen molar-refractivity contribution in [1.82, 2.24) is 21.3 Å². The normalized spacial score (nSPS) is 13.0. The summed E-state index contributed by atoms with van der Waals surface area (Å²) in [5, 5.41) is 107. The monoisotopic (exact) mass is 1610 g/mol. The first-order chi connectivity index (χ1) is 30.7. The molecule has 2 rings (SSSR count). The molecule has 0 aliphatic rings. The highest BCUT2D eigenvalue weighted by Gasteiger charge is 2.34. The highest BCUT2D eigenvalue weighted by molar-refractivity contribution is 14.1. The maximum Gasteiger partial charge on any atom is 0.253 e. The summed E-state index contributed by atoms with van der Waals surface area (Å²) in [5.74, 6) is -4.58. The van der Waals surface area contributed by atoms with Gasteiger partial charge in [-0.1, -0.05) is 0 Å². The van der Waals surface area contributed by atoms with Crippen LogP contribution in [0, 0.1) is 21.4 Å². The minimum Gasteiger partial charge on any atom is -0.394 e. The largest absolute Gasteiger partial charge is 0.394 e. The fourth-order valence-electron chi connectivity index (χ4n) is 5.33. The summed E-state index contributed by atoms with van der Waals surface area (Å²) in [6.07, 6.45) is -5.26. The average molecular weight is 1610 g/mol. The summed E-state index contributed by atoms with van der Waals surface area (Å²) in [6.45, 7) is -6.41. The van der Waals surface area contributed by atoms with E-state index in [2.05, 4.69) is 21.3 Å². The van der Waals surface area contributed by atoms with E-state index in [0.29, 0.717) is 0 Å². The number of aliphatic hydroxyl groups excluding tert-OH is 10. The van der Waals surface area contributed by atoms with Gasteiger partial charge in [-0.2, -0.15) is 11.8 Å². The molecule has 0 aromatic heterocycles. The zero-order chi connectivity index (χ0) is 49.3. The minimum atomic E-state index is -1.32. The lowest BCUT2D eigenvalue weighted by Crippen LogP contribution is -2.40. The second kappa shape index (κ2) is 30.4. The molecule has 65 heavy (non-hydrogen) atoms. The standard InChI is InChI=1S/C36H46I6N6O16S/c37-25-21(33(61)43-5-15(55)9-49)27(39)31(28(40)22(25)34(62)44-6-16(56)10-50)47(19(59)13-53)1-3-65-4-2-48(20(60)14-54)32-29(41)23(35(63)45-7-17(57)11-51)26(38)24(30(32)42)36(64)46-8-18(58)12-52/h15-18,49-58H,1-14H2,(H,43,61)(H,44,62)(H,45,63)(H,46,64). The molecule has 0 saturated heterocycles. The zero-order valence-corrected chi connectivity index (χ0v) is 47.5. The number of aliphatic hydroxyl groups is 10. The van der Waals surface area contributed by atoms with Crippen LogP contribution in [0.3, 0.4) is 0 Å². The van der Waals surface area contributed by atoms with Crippen LogP contribution in [0.2, 0.25) is 0 Å². The van der Waals surface area contributed by atoms with Crippen LogP contribution in [0.4, 0.5) is 11.4 Å². The summed E-state index contributed by atoms with van der Waals surface area (Å²) in [4.78, 5) is 83.6. The molecule has 0 aliphatic heterocycles. The molecule has 2 aromatic rings. The van der Waals surface area contributed by atoms with Crippen LogP contribution in [0.25, 0.3) is 0 Å². The number of rotatable bonds is 26. The molecule has 29 heteroatoms. The van der Waals surface area contributed by atoms with E-state index < -0.39 is 99.5 Å². The van der Waals surface area contributed by atoms with Gasteiger partial charge in [-0.15, -0.1) is 0 Å². The Balaban J connectivity index is 2.64.